The lowest BCUT2D eigenvalue weighted by molar-refractivity contribution is -0.159. The van der Waals surface area contributed by atoms with Crippen LogP contribution in [0.25, 0.3) is 11.1 Å². The SMILES string of the molecule is CCCC(O)(CC)C(=O)O.CCCCCCCc1ccc(CC)cc1.O=C(O)CC1CCN(Cc2ccc(OCc3cc(-c4ccccc4)c(C(F)(F)F)s3)cc2)C1. The van der Waals surface area contributed by atoms with Crippen molar-refractivity contribution in [3.05, 3.63) is 111 Å². The van der Waals surface area contributed by atoms with Gasteiger partial charge in [0, 0.05) is 30.0 Å². The minimum atomic E-state index is -4.42. The van der Waals surface area contributed by atoms with E-state index in [1.54, 1.807) is 43.3 Å². The van der Waals surface area contributed by atoms with Gasteiger partial charge in [0.15, 0.2) is 5.60 Å². The summed E-state index contributed by atoms with van der Waals surface area (Å²) in [6, 6.07) is 26.7. The van der Waals surface area contributed by atoms with Gasteiger partial charge in [-0.05, 0) is 91.4 Å². The maximum atomic E-state index is 13.5. The van der Waals surface area contributed by atoms with E-state index in [9.17, 15) is 27.9 Å². The predicted molar refractivity (Wildman–Crippen MR) is 227 cm³/mol. The van der Waals surface area contributed by atoms with Gasteiger partial charge in [-0.25, -0.2) is 4.79 Å². The van der Waals surface area contributed by atoms with E-state index in [4.69, 9.17) is 14.9 Å². The zero-order valence-electron chi connectivity index (χ0n) is 34.5. The van der Waals surface area contributed by atoms with Crippen molar-refractivity contribution in [1.29, 1.82) is 0 Å². The molecule has 1 aliphatic heterocycles. The number of nitrogens with zero attached hydrogens (tertiary/aromatic N) is 1. The number of alkyl halides is 3. The first-order chi connectivity index (χ1) is 27.7. The highest BCUT2D eigenvalue weighted by atomic mass is 32.1. The number of aliphatic hydroxyl groups is 1. The second-order valence-corrected chi connectivity index (χ2v) is 16.2. The van der Waals surface area contributed by atoms with Crippen LogP contribution in [0.2, 0.25) is 0 Å². The van der Waals surface area contributed by atoms with Gasteiger partial charge in [-0.1, -0.05) is 127 Å². The molecule has 3 N–H and O–H groups in total. The summed E-state index contributed by atoms with van der Waals surface area (Å²) in [5, 5.41) is 26.8. The number of unbranched alkanes of at least 4 members (excludes halogenated alkanes) is 4. The summed E-state index contributed by atoms with van der Waals surface area (Å²) >= 11 is 0.711. The van der Waals surface area contributed by atoms with Gasteiger partial charge in [0.1, 0.15) is 17.2 Å². The molecule has 0 aliphatic carbocycles. The zero-order valence-corrected chi connectivity index (χ0v) is 35.3. The highest BCUT2D eigenvalue weighted by Crippen LogP contribution is 2.43. The van der Waals surface area contributed by atoms with Gasteiger partial charge in [-0.3, -0.25) is 9.69 Å². The Morgan fingerprint density at radius 3 is 2.02 bits per heavy atom. The Kier molecular flexibility index (Phi) is 20.5. The quantitative estimate of drug-likeness (QED) is 0.0808. The Morgan fingerprint density at radius 2 is 1.47 bits per heavy atom. The summed E-state index contributed by atoms with van der Waals surface area (Å²) in [5.74, 6) is -1.09. The number of carboxylic acid groups (broad SMARTS) is 2. The van der Waals surface area contributed by atoms with E-state index < -0.39 is 28.6 Å². The molecular formula is C47H62F3NO6S. The molecule has 2 heterocycles. The van der Waals surface area contributed by atoms with E-state index in [2.05, 4.69) is 43.0 Å². The van der Waals surface area contributed by atoms with E-state index in [1.807, 2.05) is 31.2 Å². The fourth-order valence-corrected chi connectivity index (χ4v) is 7.81. The standard InChI is InChI=1S/C25H24F3NO3S.C15H24.C7H14O3/c26-25(27,28)24-22(19-4-2-1-3-5-19)13-21(33-24)16-32-20-8-6-17(7-9-20)14-29-11-10-18(15-29)12-23(30)31;1-3-5-6-7-8-9-15-12-10-14(4-2)11-13-15;1-3-5-7(10,4-2)6(8)9/h1-9,13,18H,10-12,14-16H2,(H,30,31);10-13H,3-9H2,1-2H3;10H,3-5H2,1-2H3,(H,8,9). The van der Waals surface area contributed by atoms with Crippen LogP contribution in [0, 0.1) is 5.92 Å². The van der Waals surface area contributed by atoms with Crippen LogP contribution in [0.4, 0.5) is 13.2 Å². The van der Waals surface area contributed by atoms with Gasteiger partial charge >= 0.3 is 18.1 Å². The van der Waals surface area contributed by atoms with Gasteiger partial charge in [0.25, 0.3) is 0 Å². The molecule has 2 unspecified atom stereocenters. The van der Waals surface area contributed by atoms with Gasteiger partial charge in [-0.2, -0.15) is 13.2 Å². The van der Waals surface area contributed by atoms with Crippen LogP contribution in [0.15, 0.2) is 84.9 Å². The highest BCUT2D eigenvalue weighted by molar-refractivity contribution is 7.12. The molecule has 0 saturated carbocycles. The smallest absolute Gasteiger partial charge is 0.426 e. The number of hydrogen-bond acceptors (Lipinski definition) is 6. The first-order valence-corrected chi connectivity index (χ1v) is 21.5. The third-order valence-electron chi connectivity index (χ3n) is 10.3. The number of thiophene rings is 1. The molecule has 1 saturated heterocycles. The third-order valence-corrected chi connectivity index (χ3v) is 11.5. The van der Waals surface area contributed by atoms with Crippen LogP contribution in [0.3, 0.4) is 0 Å². The van der Waals surface area contributed by atoms with E-state index in [0.717, 1.165) is 38.0 Å². The second-order valence-electron chi connectivity index (χ2n) is 15.0. The number of ether oxygens (including phenoxy) is 1. The van der Waals surface area contributed by atoms with Gasteiger partial charge in [0.2, 0.25) is 0 Å². The molecule has 0 spiro atoms. The van der Waals surface area contributed by atoms with Crippen molar-refractivity contribution in [1.82, 2.24) is 4.90 Å². The second kappa shape index (κ2) is 24.7. The predicted octanol–water partition coefficient (Wildman–Crippen LogP) is 12.1. The van der Waals surface area contributed by atoms with Crippen molar-refractivity contribution < 1.29 is 42.8 Å². The number of benzene rings is 3. The lowest BCUT2D eigenvalue weighted by Gasteiger charge is -2.19. The summed E-state index contributed by atoms with van der Waals surface area (Å²) < 4.78 is 46.4. The Hall–Kier alpha value is -4.19. The highest BCUT2D eigenvalue weighted by Gasteiger charge is 2.36. The number of rotatable bonds is 19. The lowest BCUT2D eigenvalue weighted by atomic mass is 9.95. The maximum absolute atomic E-state index is 13.5. The Morgan fingerprint density at radius 1 is 0.828 bits per heavy atom. The van der Waals surface area contributed by atoms with Crippen molar-refractivity contribution in [2.45, 2.75) is 130 Å². The number of carboxylic acids is 2. The van der Waals surface area contributed by atoms with Crippen LogP contribution < -0.4 is 4.74 Å². The molecule has 3 aromatic carbocycles. The molecule has 0 amide bonds. The molecule has 1 aliphatic rings. The minimum absolute atomic E-state index is 0.0585. The summed E-state index contributed by atoms with van der Waals surface area (Å²) in [6.07, 6.45) is 7.26. The van der Waals surface area contributed by atoms with Gasteiger partial charge in [0.05, 0.1) is 0 Å². The van der Waals surface area contributed by atoms with Crippen LogP contribution in [0.1, 0.15) is 118 Å². The lowest BCUT2D eigenvalue weighted by Crippen LogP contribution is -2.37. The van der Waals surface area contributed by atoms with Gasteiger partial charge in [-0.15, -0.1) is 11.3 Å². The monoisotopic (exact) mass is 825 g/mol. The average Bonchev–Trinajstić information content (AvgIpc) is 3.85. The van der Waals surface area contributed by atoms with Crippen molar-refractivity contribution in [3.63, 3.8) is 0 Å². The summed E-state index contributed by atoms with van der Waals surface area (Å²) in [4.78, 5) is 23.4. The first kappa shape index (κ1) is 48.2. The minimum Gasteiger partial charge on any atom is -0.488 e. The maximum Gasteiger partial charge on any atom is 0.426 e. The molecular weight excluding hydrogens is 764 g/mol. The number of aryl methyl sites for hydroxylation is 2. The summed E-state index contributed by atoms with van der Waals surface area (Å²) in [5.41, 5.74) is 3.25. The summed E-state index contributed by atoms with van der Waals surface area (Å²) in [6.45, 7) is 10.4. The molecule has 318 valence electrons. The topological polar surface area (TPSA) is 107 Å². The molecule has 4 aromatic rings. The molecule has 58 heavy (non-hydrogen) atoms. The molecule has 7 nitrogen and oxygen atoms in total. The molecule has 0 bridgehead atoms. The van der Waals surface area contributed by atoms with E-state index in [0.29, 0.717) is 40.4 Å². The Balaban J connectivity index is 0.000000296. The fraction of sp³-hybridized carbons (Fsp3) is 0.489. The number of carbonyl (C=O) groups is 2. The van der Waals surface area contributed by atoms with E-state index in [-0.39, 0.29) is 30.9 Å². The number of aliphatic carboxylic acids is 2. The molecule has 2 atom stereocenters. The molecule has 5 rings (SSSR count). The van der Waals surface area contributed by atoms with Crippen LogP contribution in [0.5, 0.6) is 5.75 Å². The van der Waals surface area contributed by atoms with Gasteiger partial charge < -0.3 is 20.1 Å². The van der Waals surface area contributed by atoms with Crippen LogP contribution in [-0.2, 0) is 41.8 Å². The van der Waals surface area contributed by atoms with Crippen molar-refractivity contribution in [2.24, 2.45) is 5.92 Å². The Bertz CT molecular complexity index is 1780. The van der Waals surface area contributed by atoms with E-state index in [1.165, 1.54) is 49.7 Å². The number of hydrogen-bond donors (Lipinski definition) is 3. The average molecular weight is 826 g/mol. The van der Waals surface area contributed by atoms with Crippen LogP contribution in [-0.4, -0.2) is 50.8 Å². The normalized spacial score (nSPS) is 15.1. The molecule has 0 radical (unpaired) electrons. The number of likely N-dealkylation sites (tertiary alicyclic amines) is 1. The molecule has 11 heteroatoms. The largest absolute Gasteiger partial charge is 0.488 e. The number of halogens is 3. The summed E-state index contributed by atoms with van der Waals surface area (Å²) in [7, 11) is 0. The molecule has 1 fully saturated rings. The Labute approximate surface area is 346 Å². The van der Waals surface area contributed by atoms with Crippen molar-refractivity contribution >= 4 is 23.3 Å². The van der Waals surface area contributed by atoms with Crippen molar-refractivity contribution in [3.8, 4) is 16.9 Å². The third kappa shape index (κ3) is 16.6. The van der Waals surface area contributed by atoms with E-state index >= 15 is 0 Å². The van der Waals surface area contributed by atoms with Crippen LogP contribution >= 0.6 is 11.3 Å². The zero-order chi connectivity index (χ0) is 42.6. The van der Waals surface area contributed by atoms with Crippen molar-refractivity contribution in [2.75, 3.05) is 13.1 Å². The first-order valence-electron chi connectivity index (χ1n) is 20.7. The fourth-order valence-electron chi connectivity index (χ4n) is 6.85. The molecule has 1 aromatic heterocycles.